The van der Waals surface area contributed by atoms with Crippen molar-refractivity contribution >= 4 is 22.4 Å². The Hall–Kier alpha value is -3.55. The van der Waals surface area contributed by atoms with E-state index >= 15 is 0 Å². The third-order valence-electron chi connectivity index (χ3n) is 5.35. The van der Waals surface area contributed by atoms with Crippen molar-refractivity contribution < 1.29 is 9.53 Å². The molecule has 8 nitrogen and oxygen atoms in total. The van der Waals surface area contributed by atoms with Crippen molar-refractivity contribution in [2.45, 2.75) is 46.6 Å². The van der Waals surface area contributed by atoms with Crippen LogP contribution in [0.5, 0.6) is 0 Å². The normalized spacial score (nSPS) is 11.5. The van der Waals surface area contributed by atoms with Gasteiger partial charge in [-0.2, -0.15) is 10.2 Å². The Balaban J connectivity index is 1.46. The van der Waals surface area contributed by atoms with E-state index in [9.17, 15) is 9.59 Å². The van der Waals surface area contributed by atoms with Gasteiger partial charge in [0.25, 0.3) is 5.56 Å². The van der Waals surface area contributed by atoms with E-state index in [2.05, 4.69) is 15.2 Å². The topological polar surface area (TPSA) is 91.4 Å². The van der Waals surface area contributed by atoms with Crippen LogP contribution in [0, 0.1) is 13.8 Å². The number of benzene rings is 1. The predicted molar refractivity (Wildman–Crippen MR) is 117 cm³/mol. The maximum atomic E-state index is 12.7. The minimum Gasteiger partial charge on any atom is -0.461 e. The first-order valence-electron chi connectivity index (χ1n) is 10.4. The van der Waals surface area contributed by atoms with Crippen LogP contribution in [-0.4, -0.2) is 37.0 Å². The van der Waals surface area contributed by atoms with Gasteiger partial charge in [-0.1, -0.05) is 18.2 Å². The number of nitrogens with zero attached hydrogens (tertiary/aromatic N) is 5. The SMILES string of the molecule is Cc1nn2cc(CCCOC(=O)c3nn(C(C)C)c(=O)c4ccccc34)cnc2c1C. The number of fused-ring (bicyclic) bond motifs is 2. The van der Waals surface area contributed by atoms with Gasteiger partial charge >= 0.3 is 5.97 Å². The second-order valence-corrected chi connectivity index (χ2v) is 7.92. The van der Waals surface area contributed by atoms with Gasteiger partial charge in [0, 0.05) is 23.3 Å². The summed E-state index contributed by atoms with van der Waals surface area (Å²) in [6.07, 6.45) is 5.13. The molecule has 1 aromatic carbocycles. The van der Waals surface area contributed by atoms with E-state index in [1.54, 1.807) is 28.8 Å². The lowest BCUT2D eigenvalue weighted by atomic mass is 10.1. The second kappa shape index (κ2) is 8.29. The summed E-state index contributed by atoms with van der Waals surface area (Å²) in [5.41, 5.74) is 3.85. The Kier molecular flexibility index (Phi) is 5.54. The maximum absolute atomic E-state index is 12.7. The number of ether oxygens (including phenoxy) is 1. The zero-order valence-corrected chi connectivity index (χ0v) is 18.1. The fourth-order valence-electron chi connectivity index (χ4n) is 3.54. The lowest BCUT2D eigenvalue weighted by Gasteiger charge is -2.13. The molecular weight excluding hydrogens is 394 g/mol. The van der Waals surface area contributed by atoms with E-state index in [-0.39, 0.29) is 23.9 Å². The molecule has 0 aliphatic heterocycles. The average molecular weight is 419 g/mol. The van der Waals surface area contributed by atoms with Crippen LogP contribution in [0.25, 0.3) is 16.4 Å². The molecule has 0 fully saturated rings. The van der Waals surface area contributed by atoms with Gasteiger partial charge in [-0.15, -0.1) is 0 Å². The van der Waals surface area contributed by atoms with Crippen LogP contribution < -0.4 is 5.56 Å². The van der Waals surface area contributed by atoms with Gasteiger partial charge in [-0.25, -0.2) is 19.0 Å². The Morgan fingerprint density at radius 2 is 1.87 bits per heavy atom. The first-order chi connectivity index (χ1) is 14.9. The number of aryl methyl sites for hydroxylation is 3. The Morgan fingerprint density at radius 1 is 1.13 bits per heavy atom. The van der Waals surface area contributed by atoms with Crippen LogP contribution in [0.2, 0.25) is 0 Å². The minimum atomic E-state index is -0.530. The largest absolute Gasteiger partial charge is 0.461 e. The number of hydrogen-bond donors (Lipinski definition) is 0. The molecule has 0 radical (unpaired) electrons. The molecule has 0 amide bonds. The van der Waals surface area contributed by atoms with Gasteiger partial charge < -0.3 is 4.74 Å². The minimum absolute atomic E-state index is 0.162. The van der Waals surface area contributed by atoms with E-state index in [1.165, 1.54) is 4.68 Å². The van der Waals surface area contributed by atoms with Crippen LogP contribution in [0.4, 0.5) is 0 Å². The van der Waals surface area contributed by atoms with Crippen LogP contribution in [0.1, 0.15) is 53.6 Å². The van der Waals surface area contributed by atoms with Gasteiger partial charge in [-0.3, -0.25) is 4.79 Å². The summed E-state index contributed by atoms with van der Waals surface area (Å²) in [5, 5.41) is 9.72. The molecule has 8 heteroatoms. The van der Waals surface area contributed by atoms with Crippen molar-refractivity contribution in [2.75, 3.05) is 6.61 Å². The molecule has 4 aromatic rings. The third-order valence-corrected chi connectivity index (χ3v) is 5.35. The van der Waals surface area contributed by atoms with Gasteiger partial charge in [0.2, 0.25) is 0 Å². The molecule has 0 spiro atoms. The molecule has 0 saturated heterocycles. The zero-order valence-electron chi connectivity index (χ0n) is 18.1. The number of hydrogen-bond acceptors (Lipinski definition) is 6. The van der Waals surface area contributed by atoms with Gasteiger partial charge in [-0.05, 0) is 52.2 Å². The Morgan fingerprint density at radius 3 is 2.61 bits per heavy atom. The number of rotatable bonds is 6. The number of carbonyl (C=O) groups excluding carboxylic acids is 1. The number of esters is 1. The number of carbonyl (C=O) groups is 1. The van der Waals surface area contributed by atoms with E-state index < -0.39 is 5.97 Å². The van der Waals surface area contributed by atoms with Crippen LogP contribution >= 0.6 is 0 Å². The summed E-state index contributed by atoms with van der Waals surface area (Å²) < 4.78 is 8.60. The molecule has 3 heterocycles. The van der Waals surface area contributed by atoms with Gasteiger partial charge in [0.05, 0.1) is 23.7 Å². The molecule has 0 atom stereocenters. The molecule has 160 valence electrons. The summed E-state index contributed by atoms with van der Waals surface area (Å²) in [5.74, 6) is -0.530. The summed E-state index contributed by atoms with van der Waals surface area (Å²) in [6.45, 7) is 7.91. The molecule has 0 saturated carbocycles. The number of aromatic nitrogens is 5. The molecule has 0 aliphatic rings. The third kappa shape index (κ3) is 3.93. The molecule has 31 heavy (non-hydrogen) atoms. The van der Waals surface area contributed by atoms with Crippen molar-refractivity contribution in [2.24, 2.45) is 0 Å². The first kappa shape index (κ1) is 20.7. The second-order valence-electron chi connectivity index (χ2n) is 7.92. The summed E-state index contributed by atoms with van der Waals surface area (Å²) in [7, 11) is 0. The van der Waals surface area contributed by atoms with E-state index in [0.717, 1.165) is 22.5 Å². The molecule has 0 N–H and O–H groups in total. The lowest BCUT2D eigenvalue weighted by molar-refractivity contribution is 0.0493. The monoisotopic (exact) mass is 419 g/mol. The quantitative estimate of drug-likeness (QED) is 0.351. The summed E-state index contributed by atoms with van der Waals surface area (Å²) >= 11 is 0. The molecule has 3 aromatic heterocycles. The van der Waals surface area contributed by atoms with Crippen LogP contribution in [0.3, 0.4) is 0 Å². The highest BCUT2D eigenvalue weighted by Gasteiger charge is 2.19. The molecular formula is C23H25N5O3. The van der Waals surface area contributed by atoms with Gasteiger partial charge in [0.1, 0.15) is 0 Å². The van der Waals surface area contributed by atoms with E-state index in [0.29, 0.717) is 23.6 Å². The smallest absolute Gasteiger partial charge is 0.359 e. The maximum Gasteiger partial charge on any atom is 0.359 e. The molecule has 0 aliphatic carbocycles. The highest BCUT2D eigenvalue weighted by molar-refractivity contribution is 6.02. The van der Waals surface area contributed by atoms with Crippen molar-refractivity contribution in [1.82, 2.24) is 24.4 Å². The van der Waals surface area contributed by atoms with Crippen molar-refractivity contribution in [3.8, 4) is 0 Å². The Labute approximate surface area is 179 Å². The van der Waals surface area contributed by atoms with Crippen molar-refractivity contribution in [1.29, 1.82) is 0 Å². The summed E-state index contributed by atoms with van der Waals surface area (Å²) in [4.78, 5) is 29.8. The van der Waals surface area contributed by atoms with Crippen molar-refractivity contribution in [3.63, 3.8) is 0 Å². The lowest BCUT2D eigenvalue weighted by Crippen LogP contribution is -2.28. The zero-order chi connectivity index (χ0) is 22.1. The highest BCUT2D eigenvalue weighted by atomic mass is 16.5. The molecule has 4 rings (SSSR count). The Bertz CT molecular complexity index is 1340. The molecule has 0 unspecified atom stereocenters. The van der Waals surface area contributed by atoms with Crippen molar-refractivity contribution in [3.05, 3.63) is 69.5 Å². The highest BCUT2D eigenvalue weighted by Crippen LogP contribution is 2.16. The summed E-state index contributed by atoms with van der Waals surface area (Å²) in [6, 6.07) is 6.82. The van der Waals surface area contributed by atoms with Crippen LogP contribution in [-0.2, 0) is 11.2 Å². The average Bonchev–Trinajstić information content (AvgIpc) is 3.04. The van der Waals surface area contributed by atoms with E-state index in [4.69, 9.17) is 4.74 Å². The fourth-order valence-corrected chi connectivity index (χ4v) is 3.54. The van der Waals surface area contributed by atoms with E-state index in [1.807, 2.05) is 40.1 Å². The standard InChI is InChI=1S/C23H25N5O3/c1-14(2)28-22(29)19-10-6-5-9-18(19)20(26-28)23(30)31-11-7-8-17-12-24-21-15(3)16(4)25-27(21)13-17/h5-6,9-10,12-14H,7-8,11H2,1-4H3. The fraction of sp³-hybridized carbons (Fsp3) is 0.348. The van der Waals surface area contributed by atoms with Crippen LogP contribution in [0.15, 0.2) is 41.5 Å². The first-order valence-corrected chi connectivity index (χ1v) is 10.4. The predicted octanol–water partition coefficient (Wildman–Crippen LogP) is 3.43. The van der Waals surface area contributed by atoms with Gasteiger partial charge in [0.15, 0.2) is 11.3 Å². The molecule has 0 bridgehead atoms.